The molecular formula is C25H32N2OS2. The first-order valence-corrected chi connectivity index (χ1v) is 12.9. The summed E-state index contributed by atoms with van der Waals surface area (Å²) in [5.74, 6) is 1.65. The zero-order valence-electron chi connectivity index (χ0n) is 18.7. The van der Waals surface area contributed by atoms with Crippen molar-refractivity contribution in [3.8, 4) is 5.69 Å². The van der Waals surface area contributed by atoms with Crippen molar-refractivity contribution in [3.63, 3.8) is 0 Å². The molecule has 1 unspecified atom stereocenters. The summed E-state index contributed by atoms with van der Waals surface area (Å²) in [6.07, 6.45) is 5.48. The molecule has 1 aliphatic carbocycles. The van der Waals surface area contributed by atoms with Gasteiger partial charge >= 0.3 is 0 Å². The summed E-state index contributed by atoms with van der Waals surface area (Å²) in [6, 6.07) is 8.22. The van der Waals surface area contributed by atoms with Crippen LogP contribution in [0.2, 0.25) is 0 Å². The number of hydrogen-bond donors (Lipinski definition) is 0. The summed E-state index contributed by atoms with van der Waals surface area (Å²) < 4.78 is 1.86. The maximum atomic E-state index is 13.8. The van der Waals surface area contributed by atoms with E-state index in [-0.39, 0.29) is 5.56 Å². The van der Waals surface area contributed by atoms with Gasteiger partial charge in [0.05, 0.1) is 11.1 Å². The van der Waals surface area contributed by atoms with Crippen LogP contribution in [0, 0.1) is 18.3 Å². The van der Waals surface area contributed by atoms with E-state index >= 15 is 0 Å². The predicted octanol–water partition coefficient (Wildman–Crippen LogP) is 6.80. The molecule has 0 aliphatic heterocycles. The smallest absolute Gasteiger partial charge is 0.267 e. The van der Waals surface area contributed by atoms with Crippen LogP contribution in [0.25, 0.3) is 15.9 Å². The van der Waals surface area contributed by atoms with E-state index in [4.69, 9.17) is 4.98 Å². The van der Waals surface area contributed by atoms with E-state index in [9.17, 15) is 4.79 Å². The van der Waals surface area contributed by atoms with Crippen LogP contribution in [0.3, 0.4) is 0 Å². The second kappa shape index (κ2) is 8.51. The van der Waals surface area contributed by atoms with Crippen LogP contribution >= 0.6 is 23.1 Å². The molecule has 30 heavy (non-hydrogen) atoms. The lowest BCUT2D eigenvalue weighted by molar-refractivity contribution is 0.218. The number of benzene rings is 1. The number of aromatic nitrogens is 2. The molecule has 4 rings (SSSR count). The summed E-state index contributed by atoms with van der Waals surface area (Å²) in [6.45, 7) is 11.3. The topological polar surface area (TPSA) is 34.9 Å². The van der Waals surface area contributed by atoms with Crippen LogP contribution in [0.5, 0.6) is 0 Å². The van der Waals surface area contributed by atoms with Gasteiger partial charge in [0.15, 0.2) is 5.16 Å². The molecule has 0 amide bonds. The highest BCUT2D eigenvalue weighted by Crippen LogP contribution is 2.42. The van der Waals surface area contributed by atoms with Gasteiger partial charge in [-0.1, -0.05) is 58.0 Å². The van der Waals surface area contributed by atoms with Gasteiger partial charge in [0.1, 0.15) is 4.83 Å². The van der Waals surface area contributed by atoms with Crippen molar-refractivity contribution in [1.82, 2.24) is 9.55 Å². The molecule has 1 aliphatic rings. The maximum Gasteiger partial charge on any atom is 0.267 e. The van der Waals surface area contributed by atoms with Gasteiger partial charge in [-0.2, -0.15) is 0 Å². The molecule has 3 nitrogen and oxygen atoms in total. The van der Waals surface area contributed by atoms with Crippen LogP contribution < -0.4 is 5.56 Å². The number of fused-ring (bicyclic) bond motifs is 3. The fourth-order valence-electron chi connectivity index (χ4n) is 4.34. The number of nitrogens with zero attached hydrogens (tertiary/aromatic N) is 2. The van der Waals surface area contributed by atoms with Gasteiger partial charge in [-0.3, -0.25) is 9.36 Å². The van der Waals surface area contributed by atoms with Crippen molar-refractivity contribution in [3.05, 3.63) is 50.6 Å². The summed E-state index contributed by atoms with van der Waals surface area (Å²) in [4.78, 5) is 21.2. The van der Waals surface area contributed by atoms with Crippen LogP contribution in [-0.2, 0) is 12.8 Å². The molecule has 0 saturated heterocycles. The number of aryl methyl sites for hydroxylation is 2. The van der Waals surface area contributed by atoms with Crippen molar-refractivity contribution >= 4 is 33.3 Å². The van der Waals surface area contributed by atoms with E-state index in [0.717, 1.165) is 64.5 Å². The van der Waals surface area contributed by atoms with Crippen molar-refractivity contribution in [2.45, 2.75) is 71.9 Å². The quantitative estimate of drug-likeness (QED) is 0.249. The summed E-state index contributed by atoms with van der Waals surface area (Å²) in [5, 5.41) is 1.70. The minimum absolute atomic E-state index is 0.108. The van der Waals surface area contributed by atoms with Gasteiger partial charge in [-0.25, -0.2) is 4.98 Å². The molecule has 0 saturated carbocycles. The Kier molecular flexibility index (Phi) is 6.13. The van der Waals surface area contributed by atoms with Crippen molar-refractivity contribution in [2.75, 3.05) is 5.75 Å². The third-order valence-corrected chi connectivity index (χ3v) is 8.44. The number of unbranched alkanes of at least 4 members (excludes halogenated alkanes) is 1. The lowest BCUT2D eigenvalue weighted by Gasteiger charge is -2.33. The molecule has 0 spiro atoms. The number of hydrogen-bond acceptors (Lipinski definition) is 4. The summed E-state index contributed by atoms with van der Waals surface area (Å²) in [7, 11) is 0. The second-order valence-electron chi connectivity index (χ2n) is 9.57. The molecular weight excluding hydrogens is 408 g/mol. The van der Waals surface area contributed by atoms with Gasteiger partial charge in [0, 0.05) is 10.6 Å². The van der Waals surface area contributed by atoms with Gasteiger partial charge in [0.25, 0.3) is 5.56 Å². The lowest BCUT2D eigenvalue weighted by atomic mass is 9.72. The second-order valence-corrected chi connectivity index (χ2v) is 11.7. The molecule has 0 N–H and O–H groups in total. The van der Waals surface area contributed by atoms with Gasteiger partial charge in [0.2, 0.25) is 0 Å². The first-order chi connectivity index (χ1) is 14.3. The Balaban J connectivity index is 1.88. The fourth-order valence-corrected chi connectivity index (χ4v) is 6.78. The van der Waals surface area contributed by atoms with Gasteiger partial charge in [-0.05, 0) is 67.2 Å². The molecule has 0 bridgehead atoms. The fraction of sp³-hybridized carbons (Fsp3) is 0.520. The largest absolute Gasteiger partial charge is 0.268 e. The number of thiophene rings is 1. The molecule has 3 aromatic rings. The zero-order chi connectivity index (χ0) is 21.5. The van der Waals surface area contributed by atoms with Crippen LogP contribution in [0.1, 0.15) is 63.0 Å². The Bertz CT molecular complexity index is 1120. The molecule has 5 heteroatoms. The average molecular weight is 441 g/mol. The van der Waals surface area contributed by atoms with Crippen LogP contribution in [0.15, 0.2) is 34.2 Å². The normalized spacial score (nSPS) is 16.8. The third-order valence-electron chi connectivity index (χ3n) is 6.27. The summed E-state index contributed by atoms with van der Waals surface area (Å²) >= 11 is 3.47. The van der Waals surface area contributed by atoms with Crippen molar-refractivity contribution in [1.29, 1.82) is 0 Å². The van der Waals surface area contributed by atoms with Crippen LogP contribution in [0.4, 0.5) is 0 Å². The Morgan fingerprint density at radius 3 is 2.80 bits per heavy atom. The summed E-state index contributed by atoms with van der Waals surface area (Å²) in [5.41, 5.74) is 3.75. The number of thioether (sulfide) groups is 1. The van der Waals surface area contributed by atoms with E-state index in [0.29, 0.717) is 11.3 Å². The lowest BCUT2D eigenvalue weighted by Crippen LogP contribution is -2.27. The minimum atomic E-state index is 0.108. The van der Waals surface area contributed by atoms with Crippen LogP contribution in [-0.4, -0.2) is 15.3 Å². The highest BCUT2D eigenvalue weighted by Gasteiger charge is 2.32. The van der Waals surface area contributed by atoms with E-state index in [1.165, 1.54) is 10.4 Å². The zero-order valence-corrected chi connectivity index (χ0v) is 20.4. The Morgan fingerprint density at radius 2 is 2.10 bits per heavy atom. The molecule has 0 radical (unpaired) electrons. The van der Waals surface area contributed by atoms with Crippen molar-refractivity contribution < 1.29 is 0 Å². The van der Waals surface area contributed by atoms with E-state index in [1.807, 2.05) is 16.7 Å². The van der Waals surface area contributed by atoms with Gasteiger partial charge in [-0.15, -0.1) is 11.3 Å². The monoisotopic (exact) mass is 440 g/mol. The maximum absolute atomic E-state index is 13.8. The molecule has 1 atom stereocenters. The van der Waals surface area contributed by atoms with E-state index < -0.39 is 0 Å². The van der Waals surface area contributed by atoms with E-state index in [2.05, 4.69) is 46.8 Å². The van der Waals surface area contributed by atoms with Crippen molar-refractivity contribution in [2.24, 2.45) is 11.3 Å². The highest BCUT2D eigenvalue weighted by atomic mass is 32.2. The molecule has 1 aromatic carbocycles. The van der Waals surface area contributed by atoms with Gasteiger partial charge < -0.3 is 0 Å². The minimum Gasteiger partial charge on any atom is -0.268 e. The SMILES string of the molecule is CCCCSc1nc2sc3c(c2c(=O)n1-c1cccc(C)c1)CCC(C(C)(C)C)C3. The average Bonchev–Trinajstić information content (AvgIpc) is 3.05. The Labute approximate surface area is 187 Å². The molecule has 2 heterocycles. The molecule has 2 aromatic heterocycles. The first-order valence-electron chi connectivity index (χ1n) is 11.1. The predicted molar refractivity (Wildman–Crippen MR) is 131 cm³/mol. The highest BCUT2D eigenvalue weighted by molar-refractivity contribution is 7.99. The molecule has 0 fully saturated rings. The Hall–Kier alpha value is -1.59. The Morgan fingerprint density at radius 1 is 1.30 bits per heavy atom. The van der Waals surface area contributed by atoms with E-state index in [1.54, 1.807) is 23.1 Å². The number of rotatable bonds is 5. The standard InChI is InChI=1S/C25H32N2OS2/c1-6-7-13-29-24-26-22-21(23(28)27(24)18-10-8-9-16(2)14-18)19-12-11-17(25(3,4)5)15-20(19)30-22/h8-10,14,17H,6-7,11-13,15H2,1-5H3. The third kappa shape index (κ3) is 4.11. The first kappa shape index (κ1) is 21.6. The molecule has 160 valence electrons.